The van der Waals surface area contributed by atoms with Crippen LogP contribution in [0.1, 0.15) is 54.0 Å². The Morgan fingerprint density at radius 1 is 0.667 bits per heavy atom. The molecule has 0 fully saturated rings. The number of fused-ring (bicyclic) bond motifs is 3. The van der Waals surface area contributed by atoms with Crippen molar-refractivity contribution < 1.29 is 28.6 Å². The SMILES string of the molecule is COC(=O)[C@H](CSC(c1ccccc1)(c1ccccc1)c1ccc(OC)cc1)NC(=O)[C@H](CC(C)C)NC(=O)OCC1c2ccccc2-c2ccccc21. The van der Waals surface area contributed by atoms with Crippen LogP contribution < -0.4 is 15.4 Å². The van der Waals surface area contributed by atoms with Crippen LogP contribution in [0.3, 0.4) is 0 Å². The largest absolute Gasteiger partial charge is 0.497 e. The minimum absolute atomic E-state index is 0.0551. The molecule has 1 aliphatic carbocycles. The Bertz CT molecular complexity index is 1950. The molecule has 0 aromatic heterocycles. The van der Waals surface area contributed by atoms with Crippen LogP contribution in [0.25, 0.3) is 11.1 Å². The van der Waals surface area contributed by atoms with Crippen molar-refractivity contribution in [1.29, 1.82) is 0 Å². The fraction of sp³-hybridized carbons (Fsp3) is 0.267. The molecular formula is C45H46N2O6S. The van der Waals surface area contributed by atoms with E-state index < -0.39 is 34.8 Å². The number of amides is 2. The van der Waals surface area contributed by atoms with Gasteiger partial charge in [0.1, 0.15) is 24.4 Å². The summed E-state index contributed by atoms with van der Waals surface area (Å²) in [5, 5.41) is 5.72. The number of rotatable bonds is 15. The molecule has 0 radical (unpaired) electrons. The number of benzene rings is 5. The molecule has 2 N–H and O–H groups in total. The fourth-order valence-corrected chi connectivity index (χ4v) is 8.74. The Hall–Kier alpha value is -5.54. The Balaban J connectivity index is 1.22. The van der Waals surface area contributed by atoms with E-state index in [1.165, 1.54) is 18.9 Å². The highest BCUT2D eigenvalue weighted by Crippen LogP contribution is 2.49. The summed E-state index contributed by atoms with van der Waals surface area (Å²) in [6, 6.07) is 42.3. The van der Waals surface area contributed by atoms with Crippen molar-refractivity contribution in [1.82, 2.24) is 10.6 Å². The van der Waals surface area contributed by atoms with Crippen LogP contribution in [-0.2, 0) is 23.8 Å². The van der Waals surface area contributed by atoms with Gasteiger partial charge in [0.15, 0.2) is 0 Å². The number of methoxy groups -OCH3 is 2. The van der Waals surface area contributed by atoms with Crippen LogP contribution in [0.15, 0.2) is 133 Å². The molecule has 0 saturated heterocycles. The van der Waals surface area contributed by atoms with Crippen LogP contribution in [0.4, 0.5) is 4.79 Å². The second-order valence-electron chi connectivity index (χ2n) is 13.7. The number of hydrogen-bond donors (Lipinski definition) is 2. The van der Waals surface area contributed by atoms with Gasteiger partial charge >= 0.3 is 12.1 Å². The third kappa shape index (κ3) is 8.31. The molecule has 54 heavy (non-hydrogen) atoms. The van der Waals surface area contributed by atoms with E-state index in [1.54, 1.807) is 7.11 Å². The van der Waals surface area contributed by atoms with Crippen LogP contribution in [0, 0.1) is 5.92 Å². The molecule has 5 aromatic carbocycles. The molecule has 0 saturated carbocycles. The lowest BCUT2D eigenvalue weighted by Crippen LogP contribution is -2.53. The average molecular weight is 743 g/mol. The van der Waals surface area contributed by atoms with Crippen LogP contribution >= 0.6 is 11.8 Å². The van der Waals surface area contributed by atoms with Crippen LogP contribution in [0.2, 0.25) is 0 Å². The van der Waals surface area contributed by atoms with Crippen molar-refractivity contribution in [3.05, 3.63) is 161 Å². The number of carbonyl (C=O) groups excluding carboxylic acids is 3. The number of ether oxygens (including phenoxy) is 3. The number of nitrogens with one attached hydrogen (secondary N) is 2. The van der Waals surface area contributed by atoms with Gasteiger partial charge in [0.2, 0.25) is 5.91 Å². The Kier molecular flexibility index (Phi) is 12.4. The molecule has 0 bridgehead atoms. The van der Waals surface area contributed by atoms with E-state index in [9.17, 15) is 14.4 Å². The van der Waals surface area contributed by atoms with Gasteiger partial charge in [0, 0.05) is 11.7 Å². The molecule has 2 atom stereocenters. The normalized spacial score (nSPS) is 13.3. The number of carbonyl (C=O) groups is 3. The first-order valence-electron chi connectivity index (χ1n) is 18.1. The third-order valence-corrected chi connectivity index (χ3v) is 11.4. The minimum atomic E-state index is -1.03. The Labute approximate surface area is 321 Å². The predicted octanol–water partition coefficient (Wildman–Crippen LogP) is 8.33. The zero-order chi connectivity index (χ0) is 38.1. The highest BCUT2D eigenvalue weighted by atomic mass is 32.2. The zero-order valence-corrected chi connectivity index (χ0v) is 31.8. The maximum atomic E-state index is 14.0. The second kappa shape index (κ2) is 17.5. The predicted molar refractivity (Wildman–Crippen MR) is 214 cm³/mol. The van der Waals surface area contributed by atoms with Gasteiger partial charge in [-0.05, 0) is 63.4 Å². The van der Waals surface area contributed by atoms with E-state index >= 15 is 0 Å². The summed E-state index contributed by atoms with van der Waals surface area (Å²) in [5.74, 6) is -0.277. The molecule has 0 unspecified atom stereocenters. The summed E-state index contributed by atoms with van der Waals surface area (Å²) in [5.41, 5.74) is 7.40. The van der Waals surface area contributed by atoms with Gasteiger partial charge in [0.05, 0.1) is 19.0 Å². The van der Waals surface area contributed by atoms with Crippen molar-refractivity contribution in [2.45, 2.75) is 43.0 Å². The van der Waals surface area contributed by atoms with Gasteiger partial charge < -0.3 is 24.8 Å². The summed E-state index contributed by atoms with van der Waals surface area (Å²) in [7, 11) is 2.93. The van der Waals surface area contributed by atoms with Gasteiger partial charge in [-0.2, -0.15) is 0 Å². The molecule has 2 amide bonds. The maximum absolute atomic E-state index is 14.0. The quantitative estimate of drug-likeness (QED) is 0.0822. The second-order valence-corrected chi connectivity index (χ2v) is 14.9. The first kappa shape index (κ1) is 38.2. The first-order chi connectivity index (χ1) is 26.2. The first-order valence-corrected chi connectivity index (χ1v) is 19.1. The molecule has 6 rings (SSSR count). The lowest BCUT2D eigenvalue weighted by Gasteiger charge is -2.36. The lowest BCUT2D eigenvalue weighted by atomic mass is 9.84. The summed E-state index contributed by atoms with van der Waals surface area (Å²) in [4.78, 5) is 40.8. The van der Waals surface area contributed by atoms with E-state index in [2.05, 4.69) is 59.2 Å². The Morgan fingerprint density at radius 2 is 1.19 bits per heavy atom. The van der Waals surface area contributed by atoms with Gasteiger partial charge in [-0.15, -0.1) is 11.8 Å². The van der Waals surface area contributed by atoms with Crippen LogP contribution in [-0.4, -0.2) is 56.6 Å². The smallest absolute Gasteiger partial charge is 0.407 e. The topological polar surface area (TPSA) is 103 Å². The van der Waals surface area contributed by atoms with Crippen molar-refractivity contribution in [3.63, 3.8) is 0 Å². The van der Waals surface area contributed by atoms with E-state index in [-0.39, 0.29) is 24.2 Å². The number of thioether (sulfide) groups is 1. The van der Waals surface area contributed by atoms with Crippen LogP contribution in [0.5, 0.6) is 5.75 Å². The minimum Gasteiger partial charge on any atom is -0.497 e. The lowest BCUT2D eigenvalue weighted by molar-refractivity contribution is -0.144. The number of alkyl carbamates (subject to hydrolysis) is 1. The van der Waals surface area contributed by atoms with E-state index in [0.29, 0.717) is 6.42 Å². The van der Waals surface area contributed by atoms with Gasteiger partial charge in [0.25, 0.3) is 0 Å². The fourth-order valence-electron chi connectivity index (χ4n) is 7.20. The van der Waals surface area contributed by atoms with Crippen molar-refractivity contribution in [2.75, 3.05) is 26.6 Å². The summed E-state index contributed by atoms with van der Waals surface area (Å²) in [6.07, 6.45) is -0.366. The Morgan fingerprint density at radius 3 is 1.70 bits per heavy atom. The molecule has 1 aliphatic rings. The molecule has 0 aliphatic heterocycles. The molecule has 9 heteroatoms. The van der Waals surface area contributed by atoms with E-state index in [4.69, 9.17) is 14.2 Å². The molecule has 0 heterocycles. The van der Waals surface area contributed by atoms with Crippen molar-refractivity contribution >= 4 is 29.7 Å². The third-order valence-electron chi connectivity index (χ3n) is 9.79. The van der Waals surface area contributed by atoms with Gasteiger partial charge in [-0.3, -0.25) is 4.79 Å². The van der Waals surface area contributed by atoms with Crippen molar-refractivity contribution in [3.8, 4) is 16.9 Å². The maximum Gasteiger partial charge on any atom is 0.407 e. The highest BCUT2D eigenvalue weighted by Gasteiger charge is 2.39. The van der Waals surface area contributed by atoms with Crippen molar-refractivity contribution in [2.24, 2.45) is 5.92 Å². The van der Waals surface area contributed by atoms with E-state index in [1.807, 2.05) is 98.8 Å². The number of esters is 1. The highest BCUT2D eigenvalue weighted by molar-refractivity contribution is 8.00. The number of hydrogen-bond acceptors (Lipinski definition) is 7. The summed E-state index contributed by atoms with van der Waals surface area (Å²) in [6.45, 7) is 4.05. The molecule has 278 valence electrons. The molecular weight excluding hydrogens is 697 g/mol. The average Bonchev–Trinajstić information content (AvgIpc) is 3.53. The molecule has 0 spiro atoms. The summed E-state index contributed by atoms with van der Waals surface area (Å²) < 4.78 is 15.7. The zero-order valence-electron chi connectivity index (χ0n) is 31.0. The van der Waals surface area contributed by atoms with Gasteiger partial charge in [-0.1, -0.05) is 135 Å². The molecule has 8 nitrogen and oxygen atoms in total. The standard InChI is InChI=1S/C45H46N2O6S/c1-30(2)27-40(47-44(50)53-28-39-37-21-13-11-19-35(37)36-20-12-14-22-38(36)39)42(48)46-41(43(49)52-4)29-54-45(31-15-7-5-8-16-31,32-17-9-6-10-18-32)33-23-25-34(51-3)26-24-33/h5-26,30,39-41H,27-29H2,1-4H3,(H,46,48)(H,47,50)/t40-,41-/m0/s1. The van der Waals surface area contributed by atoms with E-state index in [0.717, 1.165) is 44.7 Å². The van der Waals surface area contributed by atoms with Gasteiger partial charge in [-0.25, -0.2) is 9.59 Å². The monoisotopic (exact) mass is 742 g/mol. The molecule has 5 aromatic rings. The summed E-state index contributed by atoms with van der Waals surface area (Å²) >= 11 is 1.52.